The Bertz CT molecular complexity index is 374. The molecule has 0 atom stereocenters. The maximum absolute atomic E-state index is 12.1. The first-order valence-corrected chi connectivity index (χ1v) is 6.07. The van der Waals surface area contributed by atoms with E-state index in [1.165, 1.54) is 5.56 Å². The first-order valence-electron chi connectivity index (χ1n) is 6.07. The number of ketones is 1. The van der Waals surface area contributed by atoms with Gasteiger partial charge in [-0.2, -0.15) is 0 Å². The van der Waals surface area contributed by atoms with Gasteiger partial charge in [0.15, 0.2) is 5.78 Å². The zero-order valence-electron chi connectivity index (χ0n) is 10.9. The third kappa shape index (κ3) is 3.86. The van der Waals surface area contributed by atoms with Crippen molar-refractivity contribution >= 4 is 5.78 Å². The number of carbonyl (C=O) groups is 1. The van der Waals surface area contributed by atoms with E-state index in [0.717, 1.165) is 19.4 Å². The number of benzene rings is 1. The highest BCUT2D eigenvalue weighted by Gasteiger charge is 2.12. The minimum absolute atomic E-state index is 0.160. The number of Topliss-reactive ketones (excluding diaryl/α,β-unsaturated/α-hetero) is 1. The Balaban J connectivity index is 2.82. The second kappa shape index (κ2) is 7.07. The predicted octanol–water partition coefficient (Wildman–Crippen LogP) is 2.44. The van der Waals surface area contributed by atoms with Gasteiger partial charge in [0.25, 0.3) is 0 Å². The van der Waals surface area contributed by atoms with Gasteiger partial charge >= 0.3 is 0 Å². The first kappa shape index (κ1) is 13.7. The van der Waals surface area contributed by atoms with Crippen LogP contribution in [0.4, 0.5) is 0 Å². The summed E-state index contributed by atoms with van der Waals surface area (Å²) in [6.45, 7) is 2.94. The van der Waals surface area contributed by atoms with Crippen molar-refractivity contribution in [3.05, 3.63) is 29.3 Å². The molecule has 0 aliphatic heterocycles. The van der Waals surface area contributed by atoms with Crippen LogP contribution in [0.2, 0.25) is 0 Å². The van der Waals surface area contributed by atoms with Crippen LogP contribution in [-0.4, -0.2) is 26.5 Å². The quantitative estimate of drug-likeness (QED) is 0.582. The minimum atomic E-state index is 0.160. The Hall–Kier alpha value is -1.35. The van der Waals surface area contributed by atoms with E-state index >= 15 is 0 Å². The van der Waals surface area contributed by atoms with Gasteiger partial charge in [-0.3, -0.25) is 4.79 Å². The number of rotatable bonds is 7. The lowest BCUT2D eigenvalue weighted by Gasteiger charge is -2.09. The molecule has 0 amide bonds. The zero-order valence-corrected chi connectivity index (χ0v) is 10.9. The second-order valence-electron chi connectivity index (χ2n) is 4.02. The summed E-state index contributed by atoms with van der Waals surface area (Å²) in [6.07, 6.45) is 2.35. The van der Waals surface area contributed by atoms with Gasteiger partial charge in [-0.25, -0.2) is 0 Å². The van der Waals surface area contributed by atoms with Crippen LogP contribution in [0.1, 0.15) is 35.7 Å². The third-order valence-electron chi connectivity index (χ3n) is 2.80. The molecule has 1 N–H and O–H groups in total. The monoisotopic (exact) mass is 235 g/mol. The largest absolute Gasteiger partial charge is 0.496 e. The Morgan fingerprint density at radius 3 is 2.76 bits per heavy atom. The van der Waals surface area contributed by atoms with E-state index in [1.807, 2.05) is 25.2 Å². The molecule has 1 rings (SSSR count). The summed E-state index contributed by atoms with van der Waals surface area (Å²) < 4.78 is 5.24. The molecule has 0 heterocycles. The molecule has 94 valence electrons. The highest BCUT2D eigenvalue weighted by Crippen LogP contribution is 2.22. The molecule has 3 heteroatoms. The van der Waals surface area contributed by atoms with Crippen LogP contribution in [0.25, 0.3) is 0 Å². The molecular weight excluding hydrogens is 214 g/mol. The van der Waals surface area contributed by atoms with Crippen molar-refractivity contribution in [1.82, 2.24) is 5.32 Å². The lowest BCUT2D eigenvalue weighted by molar-refractivity contribution is 0.0977. The molecule has 0 spiro atoms. The number of aryl methyl sites for hydroxylation is 1. The number of methoxy groups -OCH3 is 1. The third-order valence-corrected chi connectivity index (χ3v) is 2.80. The van der Waals surface area contributed by atoms with Gasteiger partial charge in [-0.05, 0) is 44.1 Å². The van der Waals surface area contributed by atoms with Crippen molar-refractivity contribution < 1.29 is 9.53 Å². The van der Waals surface area contributed by atoms with Gasteiger partial charge < -0.3 is 10.1 Å². The average Bonchev–Trinajstić information content (AvgIpc) is 2.38. The fourth-order valence-electron chi connectivity index (χ4n) is 1.75. The molecule has 0 aliphatic rings. The van der Waals surface area contributed by atoms with E-state index in [4.69, 9.17) is 4.74 Å². The number of nitrogens with one attached hydrogen (secondary N) is 1. The van der Waals surface area contributed by atoms with E-state index < -0.39 is 0 Å². The molecule has 1 aromatic carbocycles. The average molecular weight is 235 g/mol. The van der Waals surface area contributed by atoms with E-state index in [0.29, 0.717) is 17.7 Å². The standard InChI is InChI=1S/C14H21NO2/c1-4-11-7-8-14(17-3)12(10-11)13(16)6-5-9-15-2/h7-8,10,15H,4-6,9H2,1-3H3. The maximum Gasteiger partial charge on any atom is 0.166 e. The van der Waals surface area contributed by atoms with Crippen molar-refractivity contribution in [3.8, 4) is 5.75 Å². The van der Waals surface area contributed by atoms with Crippen LogP contribution in [0, 0.1) is 0 Å². The van der Waals surface area contributed by atoms with Crippen molar-refractivity contribution in [2.24, 2.45) is 0 Å². The lowest BCUT2D eigenvalue weighted by atomic mass is 10.0. The Labute approximate surface area is 103 Å². The van der Waals surface area contributed by atoms with Crippen molar-refractivity contribution in [2.75, 3.05) is 20.7 Å². The van der Waals surface area contributed by atoms with Crippen LogP contribution >= 0.6 is 0 Å². The van der Waals surface area contributed by atoms with Gasteiger partial charge in [0, 0.05) is 6.42 Å². The van der Waals surface area contributed by atoms with Crippen LogP contribution in [0.5, 0.6) is 5.75 Å². The Morgan fingerprint density at radius 1 is 1.41 bits per heavy atom. The van der Waals surface area contributed by atoms with Crippen molar-refractivity contribution in [1.29, 1.82) is 0 Å². The molecular formula is C14H21NO2. The van der Waals surface area contributed by atoms with E-state index in [2.05, 4.69) is 12.2 Å². The molecule has 0 aromatic heterocycles. The number of hydrogen-bond donors (Lipinski definition) is 1. The first-order chi connectivity index (χ1) is 8.22. The smallest absolute Gasteiger partial charge is 0.166 e. The number of carbonyl (C=O) groups excluding carboxylic acids is 1. The Kier molecular flexibility index (Phi) is 5.70. The molecule has 0 fully saturated rings. The topological polar surface area (TPSA) is 38.3 Å². The second-order valence-corrected chi connectivity index (χ2v) is 4.02. The number of ether oxygens (including phenoxy) is 1. The Morgan fingerprint density at radius 2 is 2.18 bits per heavy atom. The summed E-state index contributed by atoms with van der Waals surface area (Å²) in [7, 11) is 3.49. The van der Waals surface area contributed by atoms with E-state index in [-0.39, 0.29) is 5.78 Å². The highest BCUT2D eigenvalue weighted by molar-refractivity contribution is 5.98. The summed E-state index contributed by atoms with van der Waals surface area (Å²) in [6, 6.07) is 5.83. The lowest BCUT2D eigenvalue weighted by Crippen LogP contribution is -2.10. The van der Waals surface area contributed by atoms with E-state index in [9.17, 15) is 4.79 Å². The summed E-state index contributed by atoms with van der Waals surface area (Å²) in [5.41, 5.74) is 1.88. The molecule has 0 bridgehead atoms. The van der Waals surface area contributed by atoms with Gasteiger partial charge in [0.1, 0.15) is 5.75 Å². The molecule has 1 aromatic rings. The summed E-state index contributed by atoms with van der Waals surface area (Å²) in [5.74, 6) is 0.837. The fourth-order valence-corrected chi connectivity index (χ4v) is 1.75. The molecule has 3 nitrogen and oxygen atoms in total. The summed E-state index contributed by atoms with van der Waals surface area (Å²) >= 11 is 0. The highest BCUT2D eigenvalue weighted by atomic mass is 16.5. The predicted molar refractivity (Wildman–Crippen MR) is 69.9 cm³/mol. The molecule has 0 radical (unpaired) electrons. The maximum atomic E-state index is 12.1. The van der Waals surface area contributed by atoms with E-state index in [1.54, 1.807) is 7.11 Å². The van der Waals surface area contributed by atoms with Gasteiger partial charge in [0.2, 0.25) is 0 Å². The van der Waals surface area contributed by atoms with Gasteiger partial charge in [-0.15, -0.1) is 0 Å². The zero-order chi connectivity index (χ0) is 12.7. The normalized spacial score (nSPS) is 10.3. The molecule has 0 unspecified atom stereocenters. The molecule has 0 aliphatic carbocycles. The van der Waals surface area contributed by atoms with Crippen LogP contribution in [-0.2, 0) is 6.42 Å². The van der Waals surface area contributed by atoms with Crippen LogP contribution < -0.4 is 10.1 Å². The van der Waals surface area contributed by atoms with Crippen molar-refractivity contribution in [2.45, 2.75) is 26.2 Å². The molecule has 17 heavy (non-hydrogen) atoms. The molecule has 0 saturated heterocycles. The minimum Gasteiger partial charge on any atom is -0.496 e. The summed E-state index contributed by atoms with van der Waals surface area (Å²) in [5, 5.41) is 3.04. The van der Waals surface area contributed by atoms with Crippen LogP contribution in [0.15, 0.2) is 18.2 Å². The van der Waals surface area contributed by atoms with Crippen LogP contribution in [0.3, 0.4) is 0 Å². The van der Waals surface area contributed by atoms with Crippen molar-refractivity contribution in [3.63, 3.8) is 0 Å². The van der Waals surface area contributed by atoms with Gasteiger partial charge in [0.05, 0.1) is 12.7 Å². The summed E-state index contributed by atoms with van der Waals surface area (Å²) in [4.78, 5) is 12.1. The SMILES string of the molecule is CCc1ccc(OC)c(C(=O)CCCNC)c1. The van der Waals surface area contributed by atoms with Gasteiger partial charge in [-0.1, -0.05) is 13.0 Å². The fraction of sp³-hybridized carbons (Fsp3) is 0.500. The number of hydrogen-bond acceptors (Lipinski definition) is 3. The molecule has 0 saturated carbocycles.